The standard InChI is InChI=1S/C13H28N2O/c1-5-11(3)12(15-14)13(16-4)8-6-10(2)7-9-13/h10-12,15H,5-9,14H2,1-4H3. The van der Waals surface area contributed by atoms with Gasteiger partial charge in [0.1, 0.15) is 0 Å². The highest BCUT2D eigenvalue weighted by Gasteiger charge is 2.42. The number of rotatable bonds is 5. The summed E-state index contributed by atoms with van der Waals surface area (Å²) in [5.41, 5.74) is 2.96. The van der Waals surface area contributed by atoms with Gasteiger partial charge in [0.2, 0.25) is 0 Å². The Morgan fingerprint density at radius 1 is 1.44 bits per heavy atom. The van der Waals surface area contributed by atoms with Crippen LogP contribution in [0.1, 0.15) is 52.9 Å². The van der Waals surface area contributed by atoms with E-state index >= 15 is 0 Å². The largest absolute Gasteiger partial charge is 0.377 e. The van der Waals surface area contributed by atoms with Gasteiger partial charge in [-0.2, -0.15) is 0 Å². The average molecular weight is 228 g/mol. The Kier molecular flexibility index (Phi) is 5.22. The molecule has 0 aromatic rings. The van der Waals surface area contributed by atoms with Crippen LogP contribution in [0.3, 0.4) is 0 Å². The lowest BCUT2D eigenvalue weighted by Crippen LogP contribution is -2.58. The van der Waals surface area contributed by atoms with Crippen molar-refractivity contribution in [2.45, 2.75) is 64.5 Å². The van der Waals surface area contributed by atoms with E-state index in [0.29, 0.717) is 5.92 Å². The second kappa shape index (κ2) is 5.99. The van der Waals surface area contributed by atoms with E-state index in [2.05, 4.69) is 26.2 Å². The first-order chi connectivity index (χ1) is 7.59. The molecule has 1 fully saturated rings. The molecule has 0 aromatic carbocycles. The Labute approximate surface area is 100 Å². The van der Waals surface area contributed by atoms with E-state index < -0.39 is 0 Å². The molecule has 0 aromatic heterocycles. The number of hydrazine groups is 1. The zero-order valence-electron chi connectivity index (χ0n) is 11.3. The molecule has 0 bridgehead atoms. The summed E-state index contributed by atoms with van der Waals surface area (Å²) in [4.78, 5) is 0. The van der Waals surface area contributed by atoms with E-state index in [0.717, 1.165) is 25.2 Å². The molecule has 96 valence electrons. The number of ether oxygens (including phenoxy) is 1. The Bertz CT molecular complexity index is 200. The minimum Gasteiger partial charge on any atom is -0.377 e. The maximum Gasteiger partial charge on any atom is 0.0847 e. The van der Waals surface area contributed by atoms with E-state index in [1.54, 1.807) is 0 Å². The van der Waals surface area contributed by atoms with Crippen LogP contribution in [0.4, 0.5) is 0 Å². The fourth-order valence-electron chi connectivity index (χ4n) is 2.96. The van der Waals surface area contributed by atoms with Crippen LogP contribution in [0.15, 0.2) is 0 Å². The van der Waals surface area contributed by atoms with E-state index in [4.69, 9.17) is 10.6 Å². The Balaban J connectivity index is 2.76. The second-order valence-corrected chi connectivity index (χ2v) is 5.48. The second-order valence-electron chi connectivity index (χ2n) is 5.48. The van der Waals surface area contributed by atoms with Crippen molar-refractivity contribution in [2.75, 3.05) is 7.11 Å². The van der Waals surface area contributed by atoms with Crippen LogP contribution in [0.5, 0.6) is 0 Å². The Morgan fingerprint density at radius 2 is 2.00 bits per heavy atom. The molecule has 1 aliphatic rings. The molecule has 0 spiro atoms. The summed E-state index contributed by atoms with van der Waals surface area (Å²) in [5.74, 6) is 7.13. The third-order valence-electron chi connectivity index (χ3n) is 4.49. The fourth-order valence-corrected chi connectivity index (χ4v) is 2.96. The molecule has 3 nitrogen and oxygen atoms in total. The predicted octanol–water partition coefficient (Wildman–Crippen LogP) is 2.46. The van der Waals surface area contributed by atoms with Gasteiger partial charge < -0.3 is 4.74 Å². The first-order valence-electron chi connectivity index (χ1n) is 6.61. The third kappa shape index (κ3) is 2.76. The lowest BCUT2D eigenvalue weighted by molar-refractivity contribution is -0.0870. The summed E-state index contributed by atoms with van der Waals surface area (Å²) in [6.07, 6.45) is 5.90. The van der Waals surface area contributed by atoms with Gasteiger partial charge in [-0.15, -0.1) is 0 Å². The molecule has 1 aliphatic carbocycles. The zero-order valence-corrected chi connectivity index (χ0v) is 11.3. The van der Waals surface area contributed by atoms with Gasteiger partial charge in [-0.05, 0) is 37.5 Å². The van der Waals surface area contributed by atoms with Gasteiger partial charge in [-0.1, -0.05) is 27.2 Å². The summed E-state index contributed by atoms with van der Waals surface area (Å²) in [5, 5.41) is 0. The van der Waals surface area contributed by atoms with Crippen LogP contribution >= 0.6 is 0 Å². The van der Waals surface area contributed by atoms with E-state index in [1.165, 1.54) is 12.8 Å². The quantitative estimate of drug-likeness (QED) is 0.561. The number of nitrogens with two attached hydrogens (primary N) is 1. The van der Waals surface area contributed by atoms with Crippen molar-refractivity contribution in [1.82, 2.24) is 5.43 Å². The van der Waals surface area contributed by atoms with Gasteiger partial charge in [0.05, 0.1) is 11.6 Å². The summed E-state index contributed by atoms with van der Waals surface area (Å²) in [7, 11) is 1.84. The predicted molar refractivity (Wildman–Crippen MR) is 67.9 cm³/mol. The molecule has 0 amide bonds. The van der Waals surface area contributed by atoms with Crippen molar-refractivity contribution in [1.29, 1.82) is 0 Å². The van der Waals surface area contributed by atoms with Crippen LogP contribution < -0.4 is 11.3 Å². The molecule has 16 heavy (non-hydrogen) atoms. The molecule has 2 atom stereocenters. The number of methoxy groups -OCH3 is 1. The van der Waals surface area contributed by atoms with Crippen molar-refractivity contribution in [3.63, 3.8) is 0 Å². The van der Waals surface area contributed by atoms with E-state index in [1.807, 2.05) is 7.11 Å². The van der Waals surface area contributed by atoms with E-state index in [9.17, 15) is 0 Å². The van der Waals surface area contributed by atoms with Gasteiger partial charge in [0.25, 0.3) is 0 Å². The third-order valence-corrected chi connectivity index (χ3v) is 4.49. The van der Waals surface area contributed by atoms with Crippen molar-refractivity contribution in [2.24, 2.45) is 17.7 Å². The minimum absolute atomic E-state index is 0.0450. The van der Waals surface area contributed by atoms with Crippen LogP contribution in [0.2, 0.25) is 0 Å². The lowest BCUT2D eigenvalue weighted by atomic mass is 9.72. The van der Waals surface area contributed by atoms with Crippen LogP contribution in [0, 0.1) is 11.8 Å². The number of hydrogen-bond donors (Lipinski definition) is 2. The number of nitrogens with one attached hydrogen (secondary N) is 1. The highest BCUT2D eigenvalue weighted by atomic mass is 16.5. The normalized spacial score (nSPS) is 34.7. The molecule has 3 N–H and O–H groups in total. The SMILES string of the molecule is CCC(C)C(NN)C1(OC)CCC(C)CC1. The van der Waals surface area contributed by atoms with Crippen molar-refractivity contribution in [3.8, 4) is 0 Å². The van der Waals surface area contributed by atoms with Gasteiger partial charge >= 0.3 is 0 Å². The molecule has 0 heterocycles. The fraction of sp³-hybridized carbons (Fsp3) is 1.00. The topological polar surface area (TPSA) is 47.3 Å². The van der Waals surface area contributed by atoms with Crippen LogP contribution in [-0.4, -0.2) is 18.8 Å². The first-order valence-corrected chi connectivity index (χ1v) is 6.61. The Morgan fingerprint density at radius 3 is 2.38 bits per heavy atom. The monoisotopic (exact) mass is 228 g/mol. The lowest BCUT2D eigenvalue weighted by Gasteiger charge is -2.46. The van der Waals surface area contributed by atoms with Crippen molar-refractivity contribution in [3.05, 3.63) is 0 Å². The zero-order chi connectivity index (χ0) is 12.2. The molecule has 0 saturated heterocycles. The molecule has 3 heteroatoms. The smallest absolute Gasteiger partial charge is 0.0847 e. The molecule has 1 rings (SSSR count). The van der Waals surface area contributed by atoms with Crippen molar-refractivity contribution >= 4 is 0 Å². The summed E-state index contributed by atoms with van der Waals surface area (Å²) in [6.45, 7) is 6.79. The summed E-state index contributed by atoms with van der Waals surface area (Å²) >= 11 is 0. The van der Waals surface area contributed by atoms with Gasteiger partial charge in [-0.25, -0.2) is 0 Å². The molecule has 2 unspecified atom stereocenters. The molecular formula is C13H28N2O. The van der Waals surface area contributed by atoms with Crippen LogP contribution in [0.25, 0.3) is 0 Å². The van der Waals surface area contributed by atoms with Crippen molar-refractivity contribution < 1.29 is 4.74 Å². The minimum atomic E-state index is -0.0450. The molecular weight excluding hydrogens is 200 g/mol. The maximum atomic E-state index is 5.86. The van der Waals surface area contributed by atoms with Crippen LogP contribution in [-0.2, 0) is 4.74 Å². The molecule has 0 aliphatic heterocycles. The first kappa shape index (κ1) is 13.9. The molecule has 1 saturated carbocycles. The highest BCUT2D eigenvalue weighted by molar-refractivity contribution is 4.97. The molecule has 0 radical (unpaired) electrons. The van der Waals surface area contributed by atoms with Gasteiger partial charge in [-0.3, -0.25) is 11.3 Å². The number of hydrogen-bond acceptors (Lipinski definition) is 3. The highest BCUT2D eigenvalue weighted by Crippen LogP contribution is 2.39. The summed E-state index contributed by atoms with van der Waals surface area (Å²) in [6, 6.07) is 0.273. The maximum absolute atomic E-state index is 5.86. The summed E-state index contributed by atoms with van der Waals surface area (Å²) < 4.78 is 5.86. The van der Waals surface area contributed by atoms with Gasteiger partial charge in [0.15, 0.2) is 0 Å². The Hall–Kier alpha value is -0.120. The van der Waals surface area contributed by atoms with Gasteiger partial charge in [0, 0.05) is 7.11 Å². The average Bonchev–Trinajstić information content (AvgIpc) is 2.32. The van der Waals surface area contributed by atoms with E-state index in [-0.39, 0.29) is 11.6 Å².